The van der Waals surface area contributed by atoms with Crippen LogP contribution in [0.15, 0.2) is 78.9 Å². The second-order valence-corrected chi connectivity index (χ2v) is 9.49. The lowest BCUT2D eigenvalue weighted by molar-refractivity contribution is -0.141. The lowest BCUT2D eigenvalue weighted by Crippen LogP contribution is -2.17. The predicted octanol–water partition coefficient (Wildman–Crippen LogP) is 4.49. The van der Waals surface area contributed by atoms with Gasteiger partial charge in [-0.3, -0.25) is 4.79 Å². The summed E-state index contributed by atoms with van der Waals surface area (Å²) in [5.74, 6) is -0.857. The number of anilines is 1. The molecule has 1 aromatic heterocycles. The number of alkyl halides is 3. The number of amides is 1. The van der Waals surface area contributed by atoms with E-state index < -0.39 is 30.0 Å². The minimum Gasteiger partial charge on any atom is -0.392 e. The third kappa shape index (κ3) is 5.74. The molecule has 5 rings (SSSR count). The van der Waals surface area contributed by atoms with Crippen molar-refractivity contribution in [2.24, 2.45) is 0 Å². The summed E-state index contributed by atoms with van der Waals surface area (Å²) < 4.78 is 41.3. The summed E-state index contributed by atoms with van der Waals surface area (Å²) in [4.78, 5) is 13.2. The first kappa shape index (κ1) is 27.1. The first-order valence-corrected chi connectivity index (χ1v) is 12.4. The Morgan fingerprint density at radius 1 is 1.07 bits per heavy atom. The highest BCUT2D eigenvalue weighted by Gasteiger charge is 2.36. The SMILES string of the molecule is N#Cc1cccc(-n2nc(C(F)(F)F)cc2C(=O)Nc2cccc(C(O)c3cccc(C4CC(O)CN4)c3)c2)c1. The average Bonchev–Trinajstić information content (AvgIpc) is 3.60. The Morgan fingerprint density at radius 2 is 1.80 bits per heavy atom. The van der Waals surface area contributed by atoms with Crippen LogP contribution in [0.1, 0.15) is 57.0 Å². The molecule has 1 fully saturated rings. The number of carbonyl (C=O) groups excluding carboxylic acids is 1. The number of aliphatic hydroxyl groups excluding tert-OH is 2. The number of β-amino-alcohol motifs (C(OH)–C–C–N with tert-alkyl or cyclic N) is 1. The molecule has 40 heavy (non-hydrogen) atoms. The number of hydrogen-bond acceptors (Lipinski definition) is 6. The van der Waals surface area contributed by atoms with Crippen LogP contribution in [0, 0.1) is 11.3 Å². The van der Waals surface area contributed by atoms with Crippen LogP contribution >= 0.6 is 0 Å². The second kappa shape index (κ2) is 10.9. The van der Waals surface area contributed by atoms with Crippen molar-refractivity contribution in [1.82, 2.24) is 15.1 Å². The van der Waals surface area contributed by atoms with Gasteiger partial charge in [-0.05, 0) is 53.4 Å². The molecule has 8 nitrogen and oxygen atoms in total. The van der Waals surface area contributed by atoms with E-state index in [0.717, 1.165) is 10.2 Å². The maximum absolute atomic E-state index is 13.5. The first-order valence-electron chi connectivity index (χ1n) is 12.4. The Balaban J connectivity index is 1.41. The smallest absolute Gasteiger partial charge is 0.392 e. The molecule has 11 heteroatoms. The van der Waals surface area contributed by atoms with Gasteiger partial charge in [-0.25, -0.2) is 4.68 Å². The molecule has 204 valence electrons. The van der Waals surface area contributed by atoms with Crippen LogP contribution in [-0.4, -0.2) is 38.5 Å². The molecule has 1 amide bonds. The second-order valence-electron chi connectivity index (χ2n) is 9.49. The molecule has 1 aliphatic rings. The number of halogens is 3. The van der Waals surface area contributed by atoms with E-state index in [-0.39, 0.29) is 28.7 Å². The number of aromatic nitrogens is 2. The maximum atomic E-state index is 13.5. The van der Waals surface area contributed by atoms with E-state index >= 15 is 0 Å². The molecule has 1 aliphatic heterocycles. The highest BCUT2D eigenvalue weighted by atomic mass is 19.4. The summed E-state index contributed by atoms with van der Waals surface area (Å²) in [5.41, 5.74) is 0.916. The fourth-order valence-corrected chi connectivity index (χ4v) is 4.68. The fraction of sp³-hybridized carbons (Fsp3) is 0.207. The van der Waals surface area contributed by atoms with Crippen molar-refractivity contribution in [2.45, 2.75) is 30.8 Å². The number of nitriles is 1. The third-order valence-electron chi connectivity index (χ3n) is 6.65. The van der Waals surface area contributed by atoms with Gasteiger partial charge in [0.15, 0.2) is 5.69 Å². The molecule has 0 saturated carbocycles. The van der Waals surface area contributed by atoms with Gasteiger partial charge in [-0.1, -0.05) is 42.5 Å². The van der Waals surface area contributed by atoms with Gasteiger partial charge in [0.2, 0.25) is 0 Å². The van der Waals surface area contributed by atoms with Gasteiger partial charge in [0.1, 0.15) is 11.8 Å². The Bertz CT molecular complexity index is 1590. The van der Waals surface area contributed by atoms with Crippen LogP contribution in [0.2, 0.25) is 0 Å². The number of carbonyl (C=O) groups is 1. The summed E-state index contributed by atoms with van der Waals surface area (Å²) in [6, 6.07) is 22.0. The molecule has 3 aromatic carbocycles. The van der Waals surface area contributed by atoms with Crippen LogP contribution in [0.5, 0.6) is 0 Å². The third-order valence-corrected chi connectivity index (χ3v) is 6.65. The molecule has 3 unspecified atom stereocenters. The molecule has 4 aromatic rings. The largest absolute Gasteiger partial charge is 0.435 e. The van der Waals surface area contributed by atoms with E-state index in [2.05, 4.69) is 15.7 Å². The molecule has 0 spiro atoms. The average molecular weight is 548 g/mol. The molecule has 0 bridgehead atoms. The number of aliphatic hydroxyl groups is 2. The zero-order chi connectivity index (χ0) is 28.4. The van der Waals surface area contributed by atoms with Crippen LogP contribution in [-0.2, 0) is 6.18 Å². The Hall–Kier alpha value is -4.50. The van der Waals surface area contributed by atoms with Crippen molar-refractivity contribution in [3.8, 4) is 11.8 Å². The highest BCUT2D eigenvalue weighted by molar-refractivity contribution is 6.03. The molecular weight excluding hydrogens is 523 g/mol. The van der Waals surface area contributed by atoms with Crippen molar-refractivity contribution in [1.29, 1.82) is 5.26 Å². The van der Waals surface area contributed by atoms with E-state index in [9.17, 15) is 33.4 Å². The van der Waals surface area contributed by atoms with Gasteiger partial charge in [-0.2, -0.15) is 23.5 Å². The monoisotopic (exact) mass is 547 g/mol. The molecule has 0 aliphatic carbocycles. The zero-order valence-electron chi connectivity index (χ0n) is 20.9. The van der Waals surface area contributed by atoms with Crippen molar-refractivity contribution in [2.75, 3.05) is 11.9 Å². The summed E-state index contributed by atoms with van der Waals surface area (Å²) >= 11 is 0. The summed E-state index contributed by atoms with van der Waals surface area (Å²) in [7, 11) is 0. The predicted molar refractivity (Wildman–Crippen MR) is 140 cm³/mol. The molecule has 3 atom stereocenters. The van der Waals surface area contributed by atoms with E-state index in [1.807, 2.05) is 24.3 Å². The standard InChI is InChI=1S/C29H24F3N5O3/c30-29(31,32)26-14-25(37(36-26)22-9-1-4-17(10-22)15-33)28(40)35-21-8-3-7-20(12-21)27(39)19-6-2-5-18(11-19)24-13-23(38)16-34-24/h1-12,14,23-24,27,34,38-39H,13,16H2,(H,35,40). The van der Waals surface area contributed by atoms with E-state index in [1.165, 1.54) is 30.3 Å². The van der Waals surface area contributed by atoms with Crippen LogP contribution in [0.3, 0.4) is 0 Å². The number of rotatable bonds is 6. The Morgan fingerprint density at radius 3 is 2.50 bits per heavy atom. The van der Waals surface area contributed by atoms with E-state index in [1.54, 1.807) is 24.3 Å². The van der Waals surface area contributed by atoms with Crippen molar-refractivity contribution >= 4 is 11.6 Å². The van der Waals surface area contributed by atoms with Crippen molar-refractivity contribution < 1.29 is 28.2 Å². The topological polar surface area (TPSA) is 123 Å². The minimum absolute atomic E-state index is 0.0342. The van der Waals surface area contributed by atoms with E-state index in [4.69, 9.17) is 0 Å². The molecule has 0 radical (unpaired) electrons. The first-order chi connectivity index (χ1) is 19.1. The number of nitrogens with one attached hydrogen (secondary N) is 2. The van der Waals surface area contributed by atoms with Gasteiger partial charge >= 0.3 is 6.18 Å². The van der Waals surface area contributed by atoms with Gasteiger partial charge in [0.05, 0.1) is 23.4 Å². The normalized spacial score (nSPS) is 17.8. The number of hydrogen-bond donors (Lipinski definition) is 4. The molecule has 1 saturated heterocycles. The Kier molecular flexibility index (Phi) is 7.40. The summed E-state index contributed by atoms with van der Waals surface area (Å²) in [5, 5.41) is 39.5. The van der Waals surface area contributed by atoms with Gasteiger partial charge in [-0.15, -0.1) is 0 Å². The van der Waals surface area contributed by atoms with Gasteiger partial charge < -0.3 is 20.8 Å². The van der Waals surface area contributed by atoms with Crippen LogP contribution in [0.4, 0.5) is 18.9 Å². The molecule has 4 N–H and O–H groups in total. The highest BCUT2D eigenvalue weighted by Crippen LogP contribution is 2.31. The van der Waals surface area contributed by atoms with Crippen molar-refractivity contribution in [3.05, 3.63) is 113 Å². The zero-order valence-corrected chi connectivity index (χ0v) is 20.9. The summed E-state index contributed by atoms with van der Waals surface area (Å²) in [6.07, 6.45) is -5.70. The van der Waals surface area contributed by atoms with Crippen LogP contribution < -0.4 is 10.6 Å². The Labute approximate surface area is 227 Å². The minimum atomic E-state index is -4.79. The number of benzene rings is 3. The van der Waals surface area contributed by atoms with Gasteiger partial charge in [0.25, 0.3) is 5.91 Å². The van der Waals surface area contributed by atoms with Gasteiger partial charge in [0, 0.05) is 24.3 Å². The number of nitrogens with zero attached hydrogens (tertiary/aromatic N) is 3. The molecule has 2 heterocycles. The quantitative estimate of drug-likeness (QED) is 0.282. The summed E-state index contributed by atoms with van der Waals surface area (Å²) in [6.45, 7) is 0.492. The fourth-order valence-electron chi connectivity index (χ4n) is 4.68. The lowest BCUT2D eigenvalue weighted by Gasteiger charge is -2.17. The maximum Gasteiger partial charge on any atom is 0.435 e. The van der Waals surface area contributed by atoms with Crippen molar-refractivity contribution in [3.63, 3.8) is 0 Å². The molecular formula is C29H24F3N5O3. The van der Waals surface area contributed by atoms with Crippen LogP contribution in [0.25, 0.3) is 5.69 Å². The van der Waals surface area contributed by atoms with E-state index in [0.29, 0.717) is 30.2 Å². The lowest BCUT2D eigenvalue weighted by atomic mass is 9.96.